The van der Waals surface area contributed by atoms with Crippen LogP contribution in [-0.4, -0.2) is 27.3 Å². The van der Waals surface area contributed by atoms with Crippen molar-refractivity contribution in [1.82, 2.24) is 5.32 Å². The molecule has 0 fully saturated rings. The van der Waals surface area contributed by atoms with Gasteiger partial charge in [-0.15, -0.1) is 0 Å². The summed E-state index contributed by atoms with van der Waals surface area (Å²) in [5, 5.41) is 3.22. The molecule has 0 atom stereocenters. The van der Waals surface area contributed by atoms with Gasteiger partial charge in [-0.2, -0.15) is 0 Å². The number of fused-ring (bicyclic) bond motifs is 1. The minimum Gasteiger partial charge on any atom is -0.311 e. The van der Waals surface area contributed by atoms with Gasteiger partial charge in [-0.3, -0.25) is 4.31 Å². The van der Waals surface area contributed by atoms with Crippen molar-refractivity contribution in [2.24, 2.45) is 0 Å². The van der Waals surface area contributed by atoms with Crippen LogP contribution < -0.4 is 9.62 Å². The molecule has 1 aliphatic heterocycles. The van der Waals surface area contributed by atoms with E-state index < -0.39 is 10.0 Å². The third-order valence-corrected chi connectivity index (χ3v) is 4.55. The molecule has 1 aliphatic rings. The number of benzene rings is 1. The Morgan fingerprint density at radius 3 is 2.88 bits per heavy atom. The second kappa shape index (κ2) is 4.43. The van der Waals surface area contributed by atoms with E-state index in [0.717, 1.165) is 17.8 Å². The van der Waals surface area contributed by atoms with Gasteiger partial charge in [0.15, 0.2) is 0 Å². The Morgan fingerprint density at radius 1 is 1.38 bits per heavy atom. The van der Waals surface area contributed by atoms with Crippen molar-refractivity contribution in [3.63, 3.8) is 0 Å². The molecule has 1 aromatic rings. The molecule has 1 aromatic carbocycles. The second-order valence-electron chi connectivity index (χ2n) is 3.78. The van der Waals surface area contributed by atoms with Gasteiger partial charge in [0.25, 0.3) is 0 Å². The molecule has 0 bridgehead atoms. The van der Waals surface area contributed by atoms with Crippen molar-refractivity contribution in [3.8, 4) is 0 Å². The molecule has 16 heavy (non-hydrogen) atoms. The third-order valence-electron chi connectivity index (χ3n) is 2.77. The van der Waals surface area contributed by atoms with E-state index in [1.807, 2.05) is 24.3 Å². The quantitative estimate of drug-likeness (QED) is 0.837. The lowest BCUT2D eigenvalue weighted by Gasteiger charge is -2.23. The summed E-state index contributed by atoms with van der Waals surface area (Å²) >= 11 is 0. The summed E-state index contributed by atoms with van der Waals surface area (Å²) in [6.45, 7) is 3.60. The molecule has 0 amide bonds. The summed E-state index contributed by atoms with van der Waals surface area (Å²) in [6.07, 6.45) is 0. The smallest absolute Gasteiger partial charge is 0.234 e. The van der Waals surface area contributed by atoms with Crippen molar-refractivity contribution >= 4 is 15.7 Å². The zero-order valence-corrected chi connectivity index (χ0v) is 10.1. The number of nitrogens with one attached hydrogen (secondary N) is 1. The molecule has 0 radical (unpaired) electrons. The van der Waals surface area contributed by atoms with Crippen LogP contribution in [0, 0.1) is 0 Å². The highest BCUT2D eigenvalue weighted by Crippen LogP contribution is 2.24. The van der Waals surface area contributed by atoms with Gasteiger partial charge in [0.2, 0.25) is 10.0 Å². The first-order valence-corrected chi connectivity index (χ1v) is 7.05. The fourth-order valence-electron chi connectivity index (χ4n) is 1.87. The van der Waals surface area contributed by atoms with Crippen LogP contribution >= 0.6 is 0 Å². The lowest BCUT2D eigenvalue weighted by molar-refractivity contribution is 0.590. The molecule has 0 saturated heterocycles. The molecule has 2 rings (SSSR count). The largest absolute Gasteiger partial charge is 0.311 e. The van der Waals surface area contributed by atoms with Crippen molar-refractivity contribution in [3.05, 3.63) is 29.8 Å². The Balaban J connectivity index is 2.48. The van der Waals surface area contributed by atoms with Gasteiger partial charge >= 0.3 is 0 Å². The van der Waals surface area contributed by atoms with Gasteiger partial charge < -0.3 is 5.32 Å². The summed E-state index contributed by atoms with van der Waals surface area (Å²) in [7, 11) is -3.16. The van der Waals surface area contributed by atoms with Gasteiger partial charge in [0.1, 0.15) is 0 Å². The lowest BCUT2D eigenvalue weighted by Crippen LogP contribution is -2.35. The van der Waals surface area contributed by atoms with Crippen LogP contribution in [0.2, 0.25) is 0 Å². The molecule has 1 heterocycles. The highest BCUT2D eigenvalue weighted by molar-refractivity contribution is 7.92. The first-order valence-electron chi connectivity index (χ1n) is 5.44. The van der Waals surface area contributed by atoms with Crippen LogP contribution in [-0.2, 0) is 16.6 Å². The molecule has 0 unspecified atom stereocenters. The molecular weight excluding hydrogens is 224 g/mol. The average Bonchev–Trinajstić information content (AvgIpc) is 2.51. The highest BCUT2D eigenvalue weighted by atomic mass is 32.2. The number of para-hydroxylation sites is 1. The van der Waals surface area contributed by atoms with E-state index in [2.05, 4.69) is 5.32 Å². The van der Waals surface area contributed by atoms with E-state index in [4.69, 9.17) is 0 Å². The van der Waals surface area contributed by atoms with E-state index in [0.29, 0.717) is 13.1 Å². The predicted octanol–water partition coefficient (Wildman–Crippen LogP) is 0.946. The van der Waals surface area contributed by atoms with Crippen LogP contribution in [0.3, 0.4) is 0 Å². The Labute approximate surface area is 96.3 Å². The van der Waals surface area contributed by atoms with E-state index >= 15 is 0 Å². The summed E-state index contributed by atoms with van der Waals surface area (Å²) in [4.78, 5) is 0. The topological polar surface area (TPSA) is 49.4 Å². The minimum absolute atomic E-state index is 0.140. The van der Waals surface area contributed by atoms with Crippen LogP contribution in [0.5, 0.6) is 0 Å². The second-order valence-corrected chi connectivity index (χ2v) is 5.96. The summed E-state index contributed by atoms with van der Waals surface area (Å²) < 4.78 is 25.5. The maximum Gasteiger partial charge on any atom is 0.234 e. The number of rotatable bonds is 2. The van der Waals surface area contributed by atoms with Gasteiger partial charge in [0, 0.05) is 19.6 Å². The van der Waals surface area contributed by atoms with Gasteiger partial charge in [-0.25, -0.2) is 8.42 Å². The Kier molecular flexibility index (Phi) is 3.16. The Hall–Kier alpha value is -1.07. The summed E-state index contributed by atoms with van der Waals surface area (Å²) in [5.74, 6) is 0.140. The van der Waals surface area contributed by atoms with E-state index in [1.165, 1.54) is 4.31 Å². The molecule has 0 spiro atoms. The summed E-state index contributed by atoms with van der Waals surface area (Å²) in [6, 6.07) is 7.65. The van der Waals surface area contributed by atoms with Crippen LogP contribution in [0.1, 0.15) is 12.5 Å². The zero-order valence-electron chi connectivity index (χ0n) is 9.31. The maximum absolute atomic E-state index is 12.0. The van der Waals surface area contributed by atoms with E-state index in [-0.39, 0.29) is 5.75 Å². The molecule has 4 nitrogen and oxygen atoms in total. The first-order chi connectivity index (χ1) is 7.65. The third kappa shape index (κ3) is 2.05. The Morgan fingerprint density at radius 2 is 2.12 bits per heavy atom. The first kappa shape index (κ1) is 11.4. The van der Waals surface area contributed by atoms with Gasteiger partial charge in [-0.05, 0) is 18.6 Å². The molecule has 5 heteroatoms. The van der Waals surface area contributed by atoms with Crippen LogP contribution in [0.4, 0.5) is 5.69 Å². The SMILES string of the molecule is CCS(=O)(=O)N1CCNCc2ccccc21. The van der Waals surface area contributed by atoms with Crippen molar-refractivity contribution < 1.29 is 8.42 Å². The maximum atomic E-state index is 12.0. The van der Waals surface area contributed by atoms with E-state index in [1.54, 1.807) is 6.92 Å². The molecule has 0 aromatic heterocycles. The zero-order chi connectivity index (χ0) is 11.6. The molecule has 0 aliphatic carbocycles. The standard InChI is InChI=1S/C11H16N2O2S/c1-2-16(14,15)13-8-7-12-9-10-5-3-4-6-11(10)13/h3-6,12H,2,7-9H2,1H3. The molecule has 0 saturated carbocycles. The number of sulfonamides is 1. The fraction of sp³-hybridized carbons (Fsp3) is 0.455. The van der Waals surface area contributed by atoms with Gasteiger partial charge in [0.05, 0.1) is 11.4 Å². The number of hydrogen-bond acceptors (Lipinski definition) is 3. The minimum atomic E-state index is -3.16. The van der Waals surface area contributed by atoms with Crippen LogP contribution in [0.25, 0.3) is 0 Å². The van der Waals surface area contributed by atoms with Crippen molar-refractivity contribution in [2.75, 3.05) is 23.1 Å². The fourth-order valence-corrected chi connectivity index (χ4v) is 3.03. The monoisotopic (exact) mass is 240 g/mol. The van der Waals surface area contributed by atoms with E-state index in [9.17, 15) is 8.42 Å². The van der Waals surface area contributed by atoms with Crippen molar-refractivity contribution in [1.29, 1.82) is 0 Å². The predicted molar refractivity (Wildman–Crippen MR) is 65.0 cm³/mol. The number of nitrogens with zero attached hydrogens (tertiary/aromatic N) is 1. The Bertz CT molecular complexity index is 471. The summed E-state index contributed by atoms with van der Waals surface area (Å²) in [5.41, 5.74) is 1.85. The highest BCUT2D eigenvalue weighted by Gasteiger charge is 2.23. The number of anilines is 1. The van der Waals surface area contributed by atoms with Crippen molar-refractivity contribution in [2.45, 2.75) is 13.5 Å². The van der Waals surface area contributed by atoms with Gasteiger partial charge in [-0.1, -0.05) is 18.2 Å². The lowest BCUT2D eigenvalue weighted by atomic mass is 10.2. The average molecular weight is 240 g/mol. The number of hydrogen-bond donors (Lipinski definition) is 1. The normalized spacial score (nSPS) is 16.7. The molecule has 88 valence electrons. The molecular formula is C11H16N2O2S. The van der Waals surface area contributed by atoms with Crippen LogP contribution in [0.15, 0.2) is 24.3 Å². The molecule has 1 N–H and O–H groups in total.